The average Bonchev–Trinajstić information content (AvgIpc) is 2.36. The molecule has 0 amide bonds. The van der Waals surface area contributed by atoms with E-state index >= 15 is 0 Å². The summed E-state index contributed by atoms with van der Waals surface area (Å²) in [6, 6.07) is 7.59. The van der Waals surface area contributed by atoms with Gasteiger partial charge in [0.25, 0.3) is 0 Å². The molecule has 1 aliphatic heterocycles. The molecular formula is C15H20N2O2. The number of aliphatic hydroxyl groups excluding tert-OH is 1. The largest absolute Gasteiger partial charge is 0.389 e. The summed E-state index contributed by atoms with van der Waals surface area (Å²) in [6.45, 7) is 7.38. The van der Waals surface area contributed by atoms with Crippen LogP contribution < -0.4 is 4.90 Å². The lowest BCUT2D eigenvalue weighted by Crippen LogP contribution is -2.46. The fourth-order valence-corrected chi connectivity index (χ4v) is 2.61. The summed E-state index contributed by atoms with van der Waals surface area (Å²) in [5.41, 5.74) is 2.42. The van der Waals surface area contributed by atoms with Crippen molar-refractivity contribution in [3.05, 3.63) is 29.3 Å². The van der Waals surface area contributed by atoms with E-state index < -0.39 is 6.10 Å². The summed E-state index contributed by atoms with van der Waals surface area (Å²) in [4.78, 5) is 2.20. The highest BCUT2D eigenvalue weighted by molar-refractivity contribution is 5.59. The van der Waals surface area contributed by atoms with Crippen molar-refractivity contribution in [1.82, 2.24) is 0 Å². The van der Waals surface area contributed by atoms with Crippen molar-refractivity contribution >= 4 is 5.69 Å². The molecular weight excluding hydrogens is 240 g/mol. The van der Waals surface area contributed by atoms with Crippen LogP contribution in [0.3, 0.4) is 0 Å². The molecule has 1 unspecified atom stereocenters. The topological polar surface area (TPSA) is 56.5 Å². The van der Waals surface area contributed by atoms with Crippen LogP contribution in [0.25, 0.3) is 0 Å². The van der Waals surface area contributed by atoms with Crippen LogP contribution in [0.4, 0.5) is 5.69 Å². The number of ether oxygens (including phenoxy) is 1. The first-order chi connectivity index (χ1) is 9.01. The van der Waals surface area contributed by atoms with Crippen LogP contribution in [0.2, 0.25) is 0 Å². The summed E-state index contributed by atoms with van der Waals surface area (Å²) < 4.78 is 5.73. The van der Waals surface area contributed by atoms with Gasteiger partial charge < -0.3 is 14.7 Å². The Morgan fingerprint density at radius 3 is 2.53 bits per heavy atom. The first kappa shape index (κ1) is 13.9. The molecule has 1 aromatic carbocycles. The summed E-state index contributed by atoms with van der Waals surface area (Å²) >= 11 is 0. The molecule has 0 saturated carbocycles. The van der Waals surface area contributed by atoms with Gasteiger partial charge in [0, 0.05) is 24.3 Å². The van der Waals surface area contributed by atoms with Gasteiger partial charge in [0.2, 0.25) is 0 Å². The summed E-state index contributed by atoms with van der Waals surface area (Å²) in [5, 5.41) is 18.9. The second kappa shape index (κ2) is 5.60. The van der Waals surface area contributed by atoms with E-state index in [0.717, 1.165) is 24.3 Å². The van der Waals surface area contributed by atoms with Gasteiger partial charge in [-0.25, -0.2) is 0 Å². The molecule has 2 rings (SSSR count). The summed E-state index contributed by atoms with van der Waals surface area (Å²) in [5.74, 6) is 0. The van der Waals surface area contributed by atoms with Gasteiger partial charge in [0.1, 0.15) is 0 Å². The van der Waals surface area contributed by atoms with Gasteiger partial charge in [0.15, 0.2) is 0 Å². The Morgan fingerprint density at radius 2 is 2.00 bits per heavy atom. The van der Waals surface area contributed by atoms with Crippen molar-refractivity contribution < 1.29 is 9.84 Å². The molecule has 3 atom stereocenters. The number of aliphatic hydroxyl groups is 1. The zero-order chi connectivity index (χ0) is 14.0. The lowest BCUT2D eigenvalue weighted by molar-refractivity contribution is -0.00538. The maximum absolute atomic E-state index is 9.89. The van der Waals surface area contributed by atoms with Gasteiger partial charge in [-0.05, 0) is 32.9 Å². The fourth-order valence-electron chi connectivity index (χ4n) is 2.61. The Hall–Kier alpha value is -1.57. The number of nitrogens with zero attached hydrogens (tertiary/aromatic N) is 2. The van der Waals surface area contributed by atoms with Crippen molar-refractivity contribution in [3.63, 3.8) is 0 Å². The molecule has 0 spiro atoms. The molecule has 19 heavy (non-hydrogen) atoms. The number of hydrogen-bond acceptors (Lipinski definition) is 4. The minimum absolute atomic E-state index is 0.149. The van der Waals surface area contributed by atoms with Crippen molar-refractivity contribution in [2.75, 3.05) is 18.0 Å². The zero-order valence-corrected chi connectivity index (χ0v) is 11.6. The van der Waals surface area contributed by atoms with E-state index in [9.17, 15) is 5.11 Å². The lowest BCUT2D eigenvalue weighted by atomic mass is 10.0. The minimum atomic E-state index is -0.545. The first-order valence-corrected chi connectivity index (χ1v) is 6.63. The molecule has 0 aliphatic carbocycles. The van der Waals surface area contributed by atoms with Gasteiger partial charge in [-0.2, -0.15) is 5.26 Å². The van der Waals surface area contributed by atoms with Crippen LogP contribution in [0.1, 0.15) is 38.0 Å². The number of rotatable bonds is 2. The number of morpholine rings is 1. The highest BCUT2D eigenvalue weighted by Gasteiger charge is 2.25. The van der Waals surface area contributed by atoms with Gasteiger partial charge in [-0.15, -0.1) is 0 Å². The van der Waals surface area contributed by atoms with E-state index in [-0.39, 0.29) is 12.2 Å². The van der Waals surface area contributed by atoms with Crippen molar-refractivity contribution in [2.45, 2.75) is 39.1 Å². The Morgan fingerprint density at radius 1 is 1.37 bits per heavy atom. The highest BCUT2D eigenvalue weighted by atomic mass is 16.5. The van der Waals surface area contributed by atoms with E-state index in [1.54, 1.807) is 13.0 Å². The second-order valence-corrected chi connectivity index (χ2v) is 5.22. The van der Waals surface area contributed by atoms with Crippen molar-refractivity contribution in [1.29, 1.82) is 5.26 Å². The van der Waals surface area contributed by atoms with E-state index in [2.05, 4.69) is 11.0 Å². The summed E-state index contributed by atoms with van der Waals surface area (Å²) in [6.07, 6.45) is -0.246. The number of nitriles is 1. The van der Waals surface area contributed by atoms with Crippen molar-refractivity contribution in [3.8, 4) is 6.07 Å². The Labute approximate surface area is 114 Å². The summed E-state index contributed by atoms with van der Waals surface area (Å²) in [7, 11) is 0. The molecule has 0 bridgehead atoms. The molecule has 1 heterocycles. The van der Waals surface area contributed by atoms with Crippen LogP contribution >= 0.6 is 0 Å². The SMILES string of the molecule is CC(O)c1ccc(C#N)cc1N1C[C@@H](C)O[C@@H](C)C1. The molecule has 1 N–H and O–H groups in total. The van der Waals surface area contributed by atoms with Crippen LogP contribution in [0, 0.1) is 11.3 Å². The second-order valence-electron chi connectivity index (χ2n) is 5.22. The Kier molecular flexibility index (Phi) is 4.08. The third-order valence-electron chi connectivity index (χ3n) is 3.37. The number of anilines is 1. The smallest absolute Gasteiger partial charge is 0.0992 e. The van der Waals surface area contributed by atoms with E-state index in [1.165, 1.54) is 0 Å². The van der Waals surface area contributed by atoms with Crippen LogP contribution in [-0.4, -0.2) is 30.4 Å². The van der Waals surface area contributed by atoms with Crippen LogP contribution in [0.15, 0.2) is 18.2 Å². The Bertz CT molecular complexity index is 483. The van der Waals surface area contributed by atoms with Crippen molar-refractivity contribution in [2.24, 2.45) is 0 Å². The molecule has 1 fully saturated rings. The van der Waals surface area contributed by atoms with Crippen LogP contribution in [0.5, 0.6) is 0 Å². The molecule has 0 aromatic heterocycles. The zero-order valence-electron chi connectivity index (χ0n) is 11.6. The van der Waals surface area contributed by atoms with Crippen LogP contribution in [-0.2, 0) is 4.74 Å². The lowest BCUT2D eigenvalue weighted by Gasteiger charge is -2.38. The van der Waals surface area contributed by atoms with Gasteiger partial charge in [0.05, 0.1) is 29.9 Å². The standard InChI is InChI=1S/C15H20N2O2/c1-10-8-17(9-11(2)19-10)15-6-13(7-16)4-5-14(15)12(3)18/h4-6,10-12,18H,8-9H2,1-3H3/t10-,11+,12?. The van der Waals surface area contributed by atoms with Gasteiger partial charge in [-0.1, -0.05) is 6.07 Å². The van der Waals surface area contributed by atoms with E-state index in [4.69, 9.17) is 10.00 Å². The minimum Gasteiger partial charge on any atom is -0.389 e. The predicted octanol–water partition coefficient (Wildman–Crippen LogP) is 2.23. The molecule has 4 nitrogen and oxygen atoms in total. The monoisotopic (exact) mass is 260 g/mol. The Balaban J connectivity index is 2.38. The third kappa shape index (κ3) is 3.06. The normalized spacial score (nSPS) is 24.9. The maximum atomic E-state index is 9.89. The molecule has 102 valence electrons. The van der Waals surface area contributed by atoms with Gasteiger partial charge >= 0.3 is 0 Å². The third-order valence-corrected chi connectivity index (χ3v) is 3.37. The van der Waals surface area contributed by atoms with E-state index in [1.807, 2.05) is 26.0 Å². The fraction of sp³-hybridized carbons (Fsp3) is 0.533. The molecule has 0 radical (unpaired) electrons. The molecule has 4 heteroatoms. The average molecular weight is 260 g/mol. The van der Waals surface area contributed by atoms with Gasteiger partial charge in [-0.3, -0.25) is 0 Å². The quantitative estimate of drug-likeness (QED) is 0.886. The molecule has 1 saturated heterocycles. The highest BCUT2D eigenvalue weighted by Crippen LogP contribution is 2.29. The predicted molar refractivity (Wildman–Crippen MR) is 74.0 cm³/mol. The number of benzene rings is 1. The first-order valence-electron chi connectivity index (χ1n) is 6.63. The molecule has 1 aromatic rings. The number of hydrogen-bond donors (Lipinski definition) is 1. The maximum Gasteiger partial charge on any atom is 0.0992 e. The van der Waals surface area contributed by atoms with E-state index in [0.29, 0.717) is 5.56 Å². The molecule has 1 aliphatic rings.